The highest BCUT2D eigenvalue weighted by Gasteiger charge is 2.31. The lowest BCUT2D eigenvalue weighted by molar-refractivity contribution is 0.0955. The number of carbonyl (C=O) groups excluding carboxylic acids is 1. The smallest absolute Gasteiger partial charge is 0.262 e. The number of nitrogens with one attached hydrogen (secondary N) is 1. The van der Waals surface area contributed by atoms with E-state index in [1.807, 2.05) is 38.1 Å². The van der Waals surface area contributed by atoms with Crippen LogP contribution in [-0.2, 0) is 16.4 Å². The monoisotopic (exact) mass is 454 g/mol. The summed E-state index contributed by atoms with van der Waals surface area (Å²) in [5.41, 5.74) is 1.08. The van der Waals surface area contributed by atoms with Gasteiger partial charge < -0.3 is 10.1 Å². The molecule has 3 rings (SSSR count). The first kappa shape index (κ1) is 22.1. The molecule has 2 aromatic rings. The van der Waals surface area contributed by atoms with Crippen LogP contribution >= 0.6 is 23.1 Å². The van der Waals surface area contributed by atoms with Crippen molar-refractivity contribution in [3.05, 3.63) is 46.2 Å². The predicted molar refractivity (Wildman–Crippen MR) is 119 cm³/mol. The van der Waals surface area contributed by atoms with Gasteiger partial charge in [0.1, 0.15) is 15.5 Å². The first-order valence-electron chi connectivity index (χ1n) is 9.57. The summed E-state index contributed by atoms with van der Waals surface area (Å²) in [5.74, 6) is 2.04. The molecule has 1 saturated heterocycles. The number of carbonyl (C=O) groups is 1. The Morgan fingerprint density at radius 1 is 1.17 bits per heavy atom. The van der Waals surface area contributed by atoms with E-state index < -0.39 is 10.0 Å². The molecule has 2 heterocycles. The molecule has 0 spiro atoms. The highest BCUT2D eigenvalue weighted by atomic mass is 32.2. The second kappa shape index (κ2) is 9.97. The van der Waals surface area contributed by atoms with Crippen molar-refractivity contribution in [3.8, 4) is 5.75 Å². The molecular formula is C20H26N2O4S3. The maximum atomic E-state index is 12.9. The van der Waals surface area contributed by atoms with Gasteiger partial charge in [0, 0.05) is 31.1 Å². The van der Waals surface area contributed by atoms with Gasteiger partial charge >= 0.3 is 0 Å². The summed E-state index contributed by atoms with van der Waals surface area (Å²) in [4.78, 5) is 13.0. The van der Waals surface area contributed by atoms with E-state index in [2.05, 4.69) is 5.32 Å². The summed E-state index contributed by atoms with van der Waals surface area (Å²) < 4.78 is 32.9. The van der Waals surface area contributed by atoms with Crippen LogP contribution < -0.4 is 10.1 Å². The highest BCUT2D eigenvalue weighted by Crippen LogP contribution is 2.27. The molecule has 1 aromatic heterocycles. The number of ether oxygens (including phenoxy) is 1. The molecule has 0 atom stereocenters. The number of thiophene rings is 1. The number of thioether (sulfide) groups is 1. The van der Waals surface area contributed by atoms with Crippen molar-refractivity contribution >= 4 is 39.0 Å². The molecule has 0 radical (unpaired) electrons. The first-order chi connectivity index (χ1) is 13.9. The van der Waals surface area contributed by atoms with Crippen molar-refractivity contribution in [1.29, 1.82) is 0 Å². The number of sulfonamides is 1. The Labute approximate surface area is 180 Å². The van der Waals surface area contributed by atoms with Crippen LogP contribution in [0.15, 0.2) is 40.6 Å². The number of rotatable bonds is 8. The zero-order valence-electron chi connectivity index (χ0n) is 16.6. The second-order valence-electron chi connectivity index (χ2n) is 6.95. The molecule has 158 valence electrons. The van der Waals surface area contributed by atoms with E-state index in [0.717, 1.165) is 34.2 Å². The van der Waals surface area contributed by atoms with Crippen molar-refractivity contribution in [1.82, 2.24) is 9.62 Å². The Morgan fingerprint density at radius 2 is 1.86 bits per heavy atom. The number of nitrogens with zero attached hydrogens (tertiary/aromatic N) is 1. The topological polar surface area (TPSA) is 75.7 Å². The predicted octanol–water partition coefficient (Wildman–Crippen LogP) is 3.25. The molecule has 0 aliphatic carbocycles. The van der Waals surface area contributed by atoms with Gasteiger partial charge in [-0.3, -0.25) is 4.79 Å². The molecular weight excluding hydrogens is 428 g/mol. The van der Waals surface area contributed by atoms with Crippen LogP contribution in [0.5, 0.6) is 5.75 Å². The lowest BCUT2D eigenvalue weighted by Gasteiger charge is -2.25. The van der Waals surface area contributed by atoms with E-state index in [-0.39, 0.29) is 21.8 Å². The number of hydrogen-bond donors (Lipinski definition) is 1. The lowest BCUT2D eigenvalue weighted by atomic mass is 10.1. The number of hydrogen-bond acceptors (Lipinski definition) is 6. The molecule has 1 amide bonds. The zero-order chi connectivity index (χ0) is 20.9. The molecule has 0 unspecified atom stereocenters. The normalized spacial score (nSPS) is 15.4. The van der Waals surface area contributed by atoms with Gasteiger partial charge in [-0.2, -0.15) is 16.1 Å². The van der Waals surface area contributed by atoms with Gasteiger partial charge in [-0.15, -0.1) is 11.3 Å². The van der Waals surface area contributed by atoms with Crippen LogP contribution in [0.2, 0.25) is 0 Å². The zero-order valence-corrected chi connectivity index (χ0v) is 19.0. The van der Waals surface area contributed by atoms with Gasteiger partial charge in [0.2, 0.25) is 10.0 Å². The molecule has 1 aliphatic heterocycles. The maximum absolute atomic E-state index is 12.9. The maximum Gasteiger partial charge on any atom is 0.262 e. The summed E-state index contributed by atoms with van der Waals surface area (Å²) in [6.45, 7) is 5.36. The van der Waals surface area contributed by atoms with Gasteiger partial charge in [0.15, 0.2) is 0 Å². The fourth-order valence-electron chi connectivity index (χ4n) is 3.00. The van der Waals surface area contributed by atoms with Gasteiger partial charge in [0.25, 0.3) is 5.91 Å². The van der Waals surface area contributed by atoms with Gasteiger partial charge in [0.05, 0.1) is 6.10 Å². The molecule has 1 aliphatic rings. The van der Waals surface area contributed by atoms with Crippen LogP contribution in [0.3, 0.4) is 0 Å². The van der Waals surface area contributed by atoms with E-state index in [0.29, 0.717) is 26.1 Å². The van der Waals surface area contributed by atoms with Crippen LogP contribution in [0.4, 0.5) is 0 Å². The third-order valence-electron chi connectivity index (χ3n) is 4.42. The highest BCUT2D eigenvalue weighted by molar-refractivity contribution is 7.99. The fraction of sp³-hybridized carbons (Fsp3) is 0.450. The van der Waals surface area contributed by atoms with Gasteiger partial charge in [-0.1, -0.05) is 12.1 Å². The molecule has 0 bridgehead atoms. The lowest BCUT2D eigenvalue weighted by Crippen LogP contribution is -2.38. The van der Waals surface area contributed by atoms with E-state index in [4.69, 9.17) is 4.74 Å². The van der Waals surface area contributed by atoms with Crippen LogP contribution in [-0.4, -0.2) is 55.9 Å². The van der Waals surface area contributed by atoms with E-state index in [1.54, 1.807) is 17.1 Å². The van der Waals surface area contributed by atoms with Gasteiger partial charge in [-0.05, 0) is 49.4 Å². The van der Waals surface area contributed by atoms with Crippen LogP contribution in [0.25, 0.3) is 0 Å². The minimum absolute atomic E-state index is 0.113. The Morgan fingerprint density at radius 3 is 2.52 bits per heavy atom. The van der Waals surface area contributed by atoms with Gasteiger partial charge in [-0.25, -0.2) is 8.42 Å². The largest absolute Gasteiger partial charge is 0.491 e. The molecule has 0 saturated carbocycles. The van der Waals surface area contributed by atoms with Crippen molar-refractivity contribution < 1.29 is 17.9 Å². The quantitative estimate of drug-likeness (QED) is 0.663. The van der Waals surface area contributed by atoms with E-state index >= 15 is 0 Å². The molecule has 1 N–H and O–H groups in total. The molecule has 29 heavy (non-hydrogen) atoms. The standard InChI is InChI=1S/C20H26N2O4S3/c1-15(2)26-17-5-3-16(4-6-17)7-9-21-20(23)19-18(8-12-28-19)29(24,25)22-10-13-27-14-11-22/h3-6,8,12,15H,7,9-11,13-14H2,1-2H3,(H,21,23). The third kappa shape index (κ3) is 5.75. The third-order valence-corrected chi connectivity index (χ3v) is 8.34. The number of amides is 1. The molecule has 1 aromatic carbocycles. The summed E-state index contributed by atoms with van der Waals surface area (Å²) in [6.07, 6.45) is 0.782. The molecule has 1 fully saturated rings. The average molecular weight is 455 g/mol. The summed E-state index contributed by atoms with van der Waals surface area (Å²) in [6, 6.07) is 9.30. The summed E-state index contributed by atoms with van der Waals surface area (Å²) in [7, 11) is -3.63. The fourth-order valence-corrected chi connectivity index (χ4v) is 6.89. The van der Waals surface area contributed by atoms with E-state index in [1.165, 1.54) is 10.4 Å². The first-order valence-corrected chi connectivity index (χ1v) is 13.0. The van der Waals surface area contributed by atoms with E-state index in [9.17, 15) is 13.2 Å². The molecule has 6 nitrogen and oxygen atoms in total. The van der Waals surface area contributed by atoms with Crippen molar-refractivity contribution in [2.75, 3.05) is 31.1 Å². The summed E-state index contributed by atoms with van der Waals surface area (Å²) >= 11 is 2.91. The van der Waals surface area contributed by atoms with Crippen LogP contribution in [0.1, 0.15) is 29.1 Å². The number of benzene rings is 1. The Bertz CT molecular complexity index is 917. The van der Waals surface area contributed by atoms with Crippen molar-refractivity contribution in [3.63, 3.8) is 0 Å². The summed E-state index contributed by atoms with van der Waals surface area (Å²) in [5, 5.41) is 4.51. The minimum atomic E-state index is -3.63. The Kier molecular flexibility index (Phi) is 7.61. The Hall–Kier alpha value is -1.55. The average Bonchev–Trinajstić information content (AvgIpc) is 3.20. The minimum Gasteiger partial charge on any atom is -0.491 e. The SMILES string of the molecule is CC(C)Oc1ccc(CCNC(=O)c2sccc2S(=O)(=O)N2CCSCC2)cc1. The van der Waals surface area contributed by atoms with Crippen molar-refractivity contribution in [2.24, 2.45) is 0 Å². The molecule has 9 heteroatoms. The van der Waals surface area contributed by atoms with Crippen molar-refractivity contribution in [2.45, 2.75) is 31.3 Å². The Balaban J connectivity index is 1.58. The van der Waals surface area contributed by atoms with Crippen LogP contribution in [0, 0.1) is 0 Å². The second-order valence-corrected chi connectivity index (χ2v) is 11.0.